The predicted molar refractivity (Wildman–Crippen MR) is 124 cm³/mol. The highest BCUT2D eigenvalue weighted by Gasteiger charge is 2.22. The summed E-state index contributed by atoms with van der Waals surface area (Å²) in [6.07, 6.45) is 4.33. The Morgan fingerprint density at radius 1 is 1.06 bits per heavy atom. The monoisotopic (exact) mass is 475 g/mol. The van der Waals surface area contributed by atoms with Crippen molar-refractivity contribution in [1.29, 1.82) is 5.26 Å². The van der Waals surface area contributed by atoms with Crippen molar-refractivity contribution in [3.63, 3.8) is 0 Å². The summed E-state index contributed by atoms with van der Waals surface area (Å²) >= 11 is 0. The first kappa shape index (κ1) is 22.1. The second-order valence-electron chi connectivity index (χ2n) is 7.87. The number of amides is 2. The lowest BCUT2D eigenvalue weighted by Gasteiger charge is -2.36. The Morgan fingerprint density at radius 2 is 1.77 bits per heavy atom. The number of nitriles is 1. The van der Waals surface area contributed by atoms with Gasteiger partial charge in [-0.1, -0.05) is 0 Å². The zero-order valence-corrected chi connectivity index (χ0v) is 18.3. The molecule has 4 aromatic rings. The number of aromatic amines is 1. The van der Waals surface area contributed by atoms with Crippen molar-refractivity contribution in [3.05, 3.63) is 72.4 Å². The standard InChI is InChI=1S/C24H19F2N7O2/c25-15-9-19-21(14-30-23(19)20(26)10-15)31-24(34)33-7-5-32(6-8-33)16-1-3-17(4-2-16)35-18-12-28-22(11-27)29-13-18/h1-4,9-10,12-14,30H,5-8H2,(H,31,34). The molecule has 0 bridgehead atoms. The highest BCUT2D eigenvalue weighted by molar-refractivity contribution is 6.01. The molecular formula is C24H19F2N7O2. The summed E-state index contributed by atoms with van der Waals surface area (Å²) in [4.78, 5) is 27.0. The van der Waals surface area contributed by atoms with Gasteiger partial charge in [0, 0.05) is 49.5 Å². The van der Waals surface area contributed by atoms with Crippen molar-refractivity contribution in [2.45, 2.75) is 0 Å². The molecule has 0 aliphatic carbocycles. The highest BCUT2D eigenvalue weighted by Crippen LogP contribution is 2.27. The molecule has 0 radical (unpaired) electrons. The lowest BCUT2D eigenvalue weighted by atomic mass is 10.2. The molecule has 0 atom stereocenters. The molecule has 2 aromatic carbocycles. The van der Waals surface area contributed by atoms with Crippen molar-refractivity contribution in [2.24, 2.45) is 0 Å². The van der Waals surface area contributed by atoms with Crippen LogP contribution in [0.25, 0.3) is 10.9 Å². The molecule has 9 nitrogen and oxygen atoms in total. The van der Waals surface area contributed by atoms with Crippen LogP contribution in [0.3, 0.4) is 0 Å². The number of H-pyrrole nitrogens is 1. The molecule has 5 rings (SSSR count). The molecule has 0 spiro atoms. The topological polar surface area (TPSA) is 110 Å². The number of urea groups is 1. The maximum absolute atomic E-state index is 13.9. The number of benzene rings is 2. The number of halogens is 2. The van der Waals surface area contributed by atoms with Crippen molar-refractivity contribution >= 4 is 28.3 Å². The molecular weight excluding hydrogens is 456 g/mol. The van der Waals surface area contributed by atoms with Crippen LogP contribution in [0, 0.1) is 23.0 Å². The number of piperazine rings is 1. The number of aromatic nitrogens is 3. The van der Waals surface area contributed by atoms with E-state index in [-0.39, 0.29) is 22.8 Å². The number of hydrogen-bond donors (Lipinski definition) is 2. The van der Waals surface area contributed by atoms with Gasteiger partial charge in [0.25, 0.3) is 0 Å². The molecule has 0 unspecified atom stereocenters. The van der Waals surface area contributed by atoms with Gasteiger partial charge in [-0.2, -0.15) is 5.26 Å². The first-order chi connectivity index (χ1) is 17.0. The fourth-order valence-electron chi connectivity index (χ4n) is 3.91. The Morgan fingerprint density at radius 3 is 2.46 bits per heavy atom. The molecule has 11 heteroatoms. The van der Waals surface area contributed by atoms with E-state index >= 15 is 0 Å². The van der Waals surface area contributed by atoms with Crippen molar-refractivity contribution in [2.75, 3.05) is 36.4 Å². The van der Waals surface area contributed by atoms with E-state index in [1.807, 2.05) is 30.3 Å². The molecule has 1 fully saturated rings. The number of nitrogens with one attached hydrogen (secondary N) is 2. The second-order valence-corrected chi connectivity index (χ2v) is 7.87. The highest BCUT2D eigenvalue weighted by atomic mass is 19.1. The largest absolute Gasteiger partial charge is 0.454 e. The number of fused-ring (bicyclic) bond motifs is 1. The molecule has 1 aliphatic rings. The van der Waals surface area contributed by atoms with Crippen LogP contribution in [0.2, 0.25) is 0 Å². The van der Waals surface area contributed by atoms with E-state index in [4.69, 9.17) is 10.00 Å². The van der Waals surface area contributed by atoms with Crippen molar-refractivity contribution in [1.82, 2.24) is 19.9 Å². The minimum Gasteiger partial charge on any atom is -0.454 e. The van der Waals surface area contributed by atoms with Crippen LogP contribution >= 0.6 is 0 Å². The summed E-state index contributed by atoms with van der Waals surface area (Å²) in [7, 11) is 0. The molecule has 3 heterocycles. The van der Waals surface area contributed by atoms with Crippen LogP contribution in [0.15, 0.2) is 55.0 Å². The molecule has 1 aliphatic heterocycles. The predicted octanol–water partition coefficient (Wildman–Crippen LogP) is 4.25. The van der Waals surface area contributed by atoms with Crippen molar-refractivity contribution in [3.8, 4) is 17.6 Å². The summed E-state index contributed by atoms with van der Waals surface area (Å²) in [5, 5.41) is 11.8. The number of anilines is 2. The number of rotatable bonds is 4. The third-order valence-corrected chi connectivity index (χ3v) is 5.68. The average molecular weight is 475 g/mol. The smallest absolute Gasteiger partial charge is 0.322 e. The molecule has 2 amide bonds. The third-order valence-electron chi connectivity index (χ3n) is 5.68. The fourth-order valence-corrected chi connectivity index (χ4v) is 3.91. The molecule has 176 valence electrons. The normalized spacial score (nSPS) is 13.5. The Bertz CT molecular complexity index is 1410. The maximum Gasteiger partial charge on any atom is 0.322 e. The number of nitrogens with zero attached hydrogens (tertiary/aromatic N) is 5. The van der Waals surface area contributed by atoms with Gasteiger partial charge in [-0.25, -0.2) is 23.5 Å². The van der Waals surface area contributed by atoms with Gasteiger partial charge >= 0.3 is 6.03 Å². The Balaban J connectivity index is 1.17. The summed E-state index contributed by atoms with van der Waals surface area (Å²) < 4.78 is 33.2. The minimum absolute atomic E-state index is 0.0739. The summed E-state index contributed by atoms with van der Waals surface area (Å²) in [6, 6.07) is 11.0. The Labute approximate surface area is 198 Å². The Kier molecular flexibility index (Phi) is 5.85. The lowest BCUT2D eigenvalue weighted by molar-refractivity contribution is 0.208. The number of carbonyl (C=O) groups excluding carboxylic acids is 1. The molecule has 35 heavy (non-hydrogen) atoms. The second kappa shape index (κ2) is 9.26. The minimum atomic E-state index is -0.712. The first-order valence-corrected chi connectivity index (χ1v) is 10.8. The van der Waals surface area contributed by atoms with E-state index in [1.54, 1.807) is 4.90 Å². The molecule has 0 saturated carbocycles. The van der Waals surface area contributed by atoms with Gasteiger partial charge in [-0.05, 0) is 30.3 Å². The van der Waals surface area contributed by atoms with Crippen LogP contribution in [-0.4, -0.2) is 52.1 Å². The van der Waals surface area contributed by atoms with Gasteiger partial charge in [0.1, 0.15) is 23.5 Å². The van der Waals surface area contributed by atoms with E-state index < -0.39 is 11.6 Å². The summed E-state index contributed by atoms with van der Waals surface area (Å²) in [5.74, 6) is -0.315. The average Bonchev–Trinajstić information content (AvgIpc) is 3.27. The van der Waals surface area contributed by atoms with Crippen molar-refractivity contribution < 1.29 is 18.3 Å². The van der Waals surface area contributed by atoms with Gasteiger partial charge in [0.15, 0.2) is 5.75 Å². The number of carbonyl (C=O) groups is 1. The van der Waals surface area contributed by atoms with Gasteiger partial charge in [-0.15, -0.1) is 0 Å². The van der Waals surface area contributed by atoms with Crippen LogP contribution < -0.4 is 15.0 Å². The van der Waals surface area contributed by atoms with Gasteiger partial charge in [0.2, 0.25) is 5.82 Å². The van der Waals surface area contributed by atoms with E-state index in [1.165, 1.54) is 24.7 Å². The zero-order valence-electron chi connectivity index (χ0n) is 18.3. The zero-order chi connectivity index (χ0) is 24.4. The number of hydrogen-bond acceptors (Lipinski definition) is 6. The van der Waals surface area contributed by atoms with Crippen LogP contribution in [-0.2, 0) is 0 Å². The van der Waals surface area contributed by atoms with Crippen LogP contribution in [0.1, 0.15) is 5.82 Å². The van der Waals surface area contributed by atoms with Gasteiger partial charge in [-0.3, -0.25) is 0 Å². The van der Waals surface area contributed by atoms with E-state index in [0.29, 0.717) is 43.4 Å². The van der Waals surface area contributed by atoms with E-state index in [0.717, 1.165) is 11.8 Å². The SMILES string of the molecule is N#Cc1ncc(Oc2ccc(N3CCN(C(=O)Nc4c[nH]c5c(F)cc(F)cc45)CC3)cc2)cn1. The molecule has 2 N–H and O–H groups in total. The summed E-state index contributed by atoms with van der Waals surface area (Å²) in [6.45, 7) is 2.21. The fraction of sp³-hybridized carbons (Fsp3) is 0.167. The lowest BCUT2D eigenvalue weighted by Crippen LogP contribution is -2.50. The summed E-state index contributed by atoms with van der Waals surface area (Å²) in [5.41, 5.74) is 1.45. The molecule has 1 saturated heterocycles. The maximum atomic E-state index is 13.9. The third kappa shape index (κ3) is 4.67. The van der Waals surface area contributed by atoms with Gasteiger partial charge in [0.05, 0.1) is 23.6 Å². The quantitative estimate of drug-likeness (QED) is 0.457. The van der Waals surface area contributed by atoms with E-state index in [9.17, 15) is 13.6 Å². The van der Waals surface area contributed by atoms with Gasteiger partial charge < -0.3 is 24.8 Å². The first-order valence-electron chi connectivity index (χ1n) is 10.8. The number of ether oxygens (including phenoxy) is 1. The van der Waals surface area contributed by atoms with E-state index in [2.05, 4.69) is 25.2 Å². The molecule has 2 aromatic heterocycles. The van der Waals surface area contributed by atoms with Crippen LogP contribution in [0.5, 0.6) is 11.5 Å². The van der Waals surface area contributed by atoms with Crippen LogP contribution in [0.4, 0.5) is 25.0 Å². The Hall–Kier alpha value is -4.72.